The van der Waals surface area contributed by atoms with Gasteiger partial charge < -0.3 is 16.0 Å². The molecule has 6 heteroatoms. The molecule has 0 unspecified atom stereocenters. The third-order valence-corrected chi connectivity index (χ3v) is 4.14. The van der Waals surface area contributed by atoms with E-state index in [9.17, 15) is 4.79 Å². The zero-order chi connectivity index (χ0) is 17.3. The number of hydrogen-bond acceptors (Lipinski definition) is 3. The number of carbonyl (C=O) groups is 1. The molecule has 1 amide bonds. The Hall–Kier alpha value is -2.79. The van der Waals surface area contributed by atoms with E-state index in [1.807, 2.05) is 31.2 Å². The Kier molecular flexibility index (Phi) is 4.27. The van der Waals surface area contributed by atoms with Crippen LogP contribution in [0.2, 0.25) is 5.02 Å². The summed E-state index contributed by atoms with van der Waals surface area (Å²) in [7, 11) is 0. The number of rotatable bonds is 3. The molecule has 0 spiro atoms. The third-order valence-electron chi connectivity index (χ3n) is 3.91. The van der Waals surface area contributed by atoms with Gasteiger partial charge in [0.15, 0.2) is 0 Å². The zero-order valence-corrected chi connectivity index (χ0v) is 14.1. The van der Waals surface area contributed by atoms with E-state index < -0.39 is 0 Å². The smallest absolute Gasteiger partial charge is 0.251 e. The molecule has 3 rings (SSSR count). The van der Waals surface area contributed by atoms with E-state index in [1.165, 1.54) is 0 Å². The summed E-state index contributed by atoms with van der Waals surface area (Å²) < 4.78 is 0. The van der Waals surface area contributed by atoms with Crippen molar-refractivity contribution in [2.24, 2.45) is 0 Å². The summed E-state index contributed by atoms with van der Waals surface area (Å²) in [5, 5.41) is 3.32. The molecule has 2 aromatic carbocycles. The van der Waals surface area contributed by atoms with Crippen LogP contribution in [0.4, 0.5) is 11.4 Å². The van der Waals surface area contributed by atoms with Crippen LogP contribution < -0.4 is 11.1 Å². The molecule has 0 saturated heterocycles. The first-order valence-electron chi connectivity index (χ1n) is 7.44. The highest BCUT2D eigenvalue weighted by atomic mass is 35.5. The summed E-state index contributed by atoms with van der Waals surface area (Å²) in [6.07, 6.45) is 0. The predicted octanol–water partition coefficient (Wildman–Crippen LogP) is 4.23. The number of benzene rings is 2. The molecule has 0 aliphatic heterocycles. The number of anilines is 2. The molecule has 0 aliphatic rings. The van der Waals surface area contributed by atoms with Crippen molar-refractivity contribution in [1.29, 1.82) is 0 Å². The van der Waals surface area contributed by atoms with Crippen molar-refractivity contribution in [1.82, 2.24) is 9.97 Å². The Morgan fingerprint density at radius 1 is 1.21 bits per heavy atom. The maximum Gasteiger partial charge on any atom is 0.251 e. The minimum atomic E-state index is -0.234. The van der Waals surface area contributed by atoms with Gasteiger partial charge in [0.25, 0.3) is 5.91 Å². The van der Waals surface area contributed by atoms with Gasteiger partial charge in [-0.1, -0.05) is 23.7 Å². The lowest BCUT2D eigenvalue weighted by atomic mass is 10.1. The van der Waals surface area contributed by atoms with Crippen molar-refractivity contribution < 1.29 is 4.79 Å². The summed E-state index contributed by atoms with van der Waals surface area (Å²) in [5.41, 5.74) is 9.95. The van der Waals surface area contributed by atoms with Crippen LogP contribution in [-0.4, -0.2) is 15.9 Å². The minimum absolute atomic E-state index is 0.234. The SMILES string of the molecule is CC(C(=O)Nc1ccc(Cl)cc1N)=C(C)c1nc2ccccc2[nH]1. The number of amides is 1. The largest absolute Gasteiger partial charge is 0.397 e. The molecule has 0 saturated carbocycles. The highest BCUT2D eigenvalue weighted by molar-refractivity contribution is 6.31. The topological polar surface area (TPSA) is 83.8 Å². The van der Waals surface area contributed by atoms with Crippen molar-refractivity contribution in [3.8, 4) is 0 Å². The highest BCUT2D eigenvalue weighted by Crippen LogP contribution is 2.24. The van der Waals surface area contributed by atoms with Gasteiger partial charge in [-0.2, -0.15) is 0 Å². The summed E-state index contributed by atoms with van der Waals surface area (Å²) in [6.45, 7) is 3.61. The monoisotopic (exact) mass is 340 g/mol. The second-order valence-electron chi connectivity index (χ2n) is 5.54. The lowest BCUT2D eigenvalue weighted by molar-refractivity contribution is -0.112. The number of nitrogens with two attached hydrogens (primary N) is 1. The van der Waals surface area contributed by atoms with E-state index in [-0.39, 0.29) is 5.91 Å². The molecule has 5 nitrogen and oxygen atoms in total. The normalized spacial score (nSPS) is 12.1. The molecule has 122 valence electrons. The number of nitrogen functional groups attached to an aromatic ring is 1. The van der Waals surface area contributed by atoms with Gasteiger partial charge in [0.2, 0.25) is 0 Å². The molecule has 4 N–H and O–H groups in total. The van der Waals surface area contributed by atoms with Gasteiger partial charge in [0.05, 0.1) is 22.4 Å². The van der Waals surface area contributed by atoms with Gasteiger partial charge in [0, 0.05) is 16.2 Å². The number of nitrogens with zero attached hydrogens (tertiary/aromatic N) is 1. The molecule has 0 aliphatic carbocycles. The van der Waals surface area contributed by atoms with E-state index >= 15 is 0 Å². The maximum absolute atomic E-state index is 12.5. The number of allylic oxidation sites excluding steroid dienone is 1. The Morgan fingerprint density at radius 2 is 1.96 bits per heavy atom. The fourth-order valence-corrected chi connectivity index (χ4v) is 2.52. The van der Waals surface area contributed by atoms with Gasteiger partial charge in [0.1, 0.15) is 5.82 Å². The van der Waals surface area contributed by atoms with E-state index in [0.717, 1.165) is 16.6 Å². The maximum atomic E-state index is 12.5. The number of aromatic amines is 1. The average molecular weight is 341 g/mol. The van der Waals surface area contributed by atoms with Crippen LogP contribution in [0, 0.1) is 0 Å². The number of nitrogens with one attached hydrogen (secondary N) is 2. The van der Waals surface area contributed by atoms with Gasteiger partial charge in [-0.3, -0.25) is 4.79 Å². The average Bonchev–Trinajstić information content (AvgIpc) is 3.00. The van der Waals surface area contributed by atoms with Crippen molar-refractivity contribution in [2.45, 2.75) is 13.8 Å². The fourth-order valence-electron chi connectivity index (χ4n) is 2.34. The number of halogens is 1. The Bertz CT molecular complexity index is 926. The molecular weight excluding hydrogens is 324 g/mol. The summed E-state index contributed by atoms with van der Waals surface area (Å²) >= 11 is 5.87. The molecule has 24 heavy (non-hydrogen) atoms. The quantitative estimate of drug-likeness (QED) is 0.492. The van der Waals surface area contributed by atoms with Crippen LogP contribution >= 0.6 is 11.6 Å². The highest BCUT2D eigenvalue weighted by Gasteiger charge is 2.13. The molecule has 0 atom stereocenters. The molecule has 0 fully saturated rings. The zero-order valence-electron chi connectivity index (χ0n) is 13.4. The summed E-state index contributed by atoms with van der Waals surface area (Å²) in [6, 6.07) is 12.7. The lowest BCUT2D eigenvalue weighted by Gasteiger charge is -2.10. The van der Waals surface area contributed by atoms with Gasteiger partial charge >= 0.3 is 0 Å². The van der Waals surface area contributed by atoms with Gasteiger partial charge in [-0.15, -0.1) is 0 Å². The molecule has 1 heterocycles. The molecule has 0 bridgehead atoms. The third kappa shape index (κ3) is 3.12. The van der Waals surface area contributed by atoms with Crippen molar-refractivity contribution in [2.75, 3.05) is 11.1 Å². The first-order chi connectivity index (χ1) is 11.5. The fraction of sp³-hybridized carbons (Fsp3) is 0.111. The van der Waals surface area contributed by atoms with E-state index in [1.54, 1.807) is 25.1 Å². The minimum Gasteiger partial charge on any atom is -0.397 e. The number of hydrogen-bond donors (Lipinski definition) is 3. The number of carbonyl (C=O) groups excluding carboxylic acids is 1. The van der Waals surface area contributed by atoms with Crippen molar-refractivity contribution >= 4 is 45.5 Å². The second-order valence-corrected chi connectivity index (χ2v) is 5.97. The standard InChI is InChI=1S/C18H17ClN4O/c1-10(17-21-15-5-3-4-6-16(15)22-17)11(2)18(24)23-14-8-7-12(19)9-13(14)20/h3-9H,20H2,1-2H3,(H,21,22)(H,23,24). The number of imidazole rings is 1. The number of H-pyrrole nitrogens is 1. The number of aromatic nitrogens is 2. The van der Waals surface area contributed by atoms with E-state index in [2.05, 4.69) is 15.3 Å². The first kappa shape index (κ1) is 16.1. The Balaban J connectivity index is 1.88. The number of fused-ring (bicyclic) bond motifs is 1. The van der Waals surface area contributed by atoms with E-state index in [4.69, 9.17) is 17.3 Å². The molecule has 0 radical (unpaired) electrons. The first-order valence-corrected chi connectivity index (χ1v) is 7.82. The van der Waals surface area contributed by atoms with Crippen LogP contribution in [0.15, 0.2) is 48.0 Å². The predicted molar refractivity (Wildman–Crippen MR) is 98.9 cm³/mol. The summed E-state index contributed by atoms with van der Waals surface area (Å²) in [5.74, 6) is 0.440. The van der Waals surface area contributed by atoms with Crippen LogP contribution in [0.25, 0.3) is 16.6 Å². The van der Waals surface area contributed by atoms with Crippen LogP contribution in [0.1, 0.15) is 19.7 Å². The molecular formula is C18H17ClN4O. The van der Waals surface area contributed by atoms with Crippen molar-refractivity contribution in [3.05, 3.63) is 58.9 Å². The molecule has 3 aromatic rings. The van der Waals surface area contributed by atoms with E-state index in [0.29, 0.717) is 27.8 Å². The Morgan fingerprint density at radius 3 is 2.67 bits per heavy atom. The van der Waals surface area contributed by atoms with Crippen molar-refractivity contribution in [3.63, 3.8) is 0 Å². The van der Waals surface area contributed by atoms with Gasteiger partial charge in [-0.05, 0) is 44.2 Å². The van der Waals surface area contributed by atoms with Crippen LogP contribution in [0.5, 0.6) is 0 Å². The second kappa shape index (κ2) is 6.37. The summed E-state index contributed by atoms with van der Waals surface area (Å²) in [4.78, 5) is 20.2. The lowest BCUT2D eigenvalue weighted by Crippen LogP contribution is -2.15. The number of para-hydroxylation sites is 2. The van der Waals surface area contributed by atoms with Crippen LogP contribution in [0.3, 0.4) is 0 Å². The Labute approximate surface area is 144 Å². The van der Waals surface area contributed by atoms with Gasteiger partial charge in [-0.25, -0.2) is 4.98 Å². The molecule has 1 aromatic heterocycles. The van der Waals surface area contributed by atoms with Crippen LogP contribution in [-0.2, 0) is 4.79 Å².